The summed E-state index contributed by atoms with van der Waals surface area (Å²) in [5, 5.41) is 6.42. The molecule has 1 aliphatic heterocycles. The van der Waals surface area contributed by atoms with Crippen molar-refractivity contribution >= 4 is 35.8 Å². The predicted octanol–water partition coefficient (Wildman–Crippen LogP) is 1.99. The normalized spacial score (nSPS) is 21.4. The summed E-state index contributed by atoms with van der Waals surface area (Å²) in [5.74, 6) is 1.59. The zero-order valence-corrected chi connectivity index (χ0v) is 17.4. The number of ether oxygens (including phenoxy) is 1. The summed E-state index contributed by atoms with van der Waals surface area (Å²) in [7, 11) is 2.05. The number of rotatable bonds is 7. The lowest BCUT2D eigenvalue weighted by Gasteiger charge is -2.24. The minimum absolute atomic E-state index is 0. The molecule has 2 fully saturated rings. The van der Waals surface area contributed by atoms with E-state index >= 15 is 0 Å². The van der Waals surface area contributed by atoms with Crippen LogP contribution in [-0.4, -0.2) is 62.7 Å². The minimum Gasteiger partial charge on any atom is -0.381 e. The maximum absolute atomic E-state index is 12.0. The summed E-state index contributed by atoms with van der Waals surface area (Å²) in [6.45, 7) is 6.08. The molecule has 0 aromatic carbocycles. The van der Waals surface area contributed by atoms with E-state index in [9.17, 15) is 4.79 Å². The van der Waals surface area contributed by atoms with Gasteiger partial charge in [-0.25, -0.2) is 0 Å². The molecular weight excluding hydrogens is 419 g/mol. The van der Waals surface area contributed by atoms with Gasteiger partial charge in [0, 0.05) is 45.1 Å². The molecule has 1 aliphatic carbocycles. The molecule has 0 aromatic rings. The first-order chi connectivity index (χ1) is 11.2. The van der Waals surface area contributed by atoms with Gasteiger partial charge in [-0.1, -0.05) is 12.8 Å². The van der Waals surface area contributed by atoms with Crippen molar-refractivity contribution in [3.8, 4) is 0 Å². The zero-order chi connectivity index (χ0) is 16.5. The number of aliphatic imine (C=N–C) groups is 1. The first-order valence-corrected chi connectivity index (χ1v) is 9.05. The molecule has 1 heterocycles. The molecule has 1 atom stereocenters. The predicted molar refractivity (Wildman–Crippen MR) is 108 cm³/mol. The fraction of sp³-hybridized carbons (Fsp3) is 0.882. The number of amides is 1. The molecule has 1 saturated heterocycles. The smallest absolute Gasteiger partial charge is 0.222 e. The van der Waals surface area contributed by atoms with Gasteiger partial charge in [0.15, 0.2) is 5.96 Å². The standard InChI is InChI=1S/C17H32N4O2.HI/c1-3-18-17(21(2)12-14-9-11-23-13-14)19-10-8-16(22)20-15-6-4-5-7-15;/h14-15H,3-13H2,1-2H3,(H,18,19)(H,20,22);1H. The Kier molecular flexibility index (Phi) is 10.6. The van der Waals surface area contributed by atoms with Crippen molar-refractivity contribution in [2.24, 2.45) is 10.9 Å². The van der Waals surface area contributed by atoms with Gasteiger partial charge < -0.3 is 20.3 Å². The topological polar surface area (TPSA) is 66.0 Å². The highest BCUT2D eigenvalue weighted by molar-refractivity contribution is 14.0. The Labute approximate surface area is 163 Å². The fourth-order valence-electron chi connectivity index (χ4n) is 3.30. The molecule has 1 unspecified atom stereocenters. The third kappa shape index (κ3) is 7.55. The third-order valence-corrected chi connectivity index (χ3v) is 4.57. The number of carbonyl (C=O) groups excluding carboxylic acids is 1. The molecule has 1 amide bonds. The van der Waals surface area contributed by atoms with Gasteiger partial charge in [-0.2, -0.15) is 0 Å². The van der Waals surface area contributed by atoms with E-state index in [1.54, 1.807) is 0 Å². The lowest BCUT2D eigenvalue weighted by molar-refractivity contribution is -0.121. The molecule has 24 heavy (non-hydrogen) atoms. The van der Waals surface area contributed by atoms with E-state index in [1.807, 2.05) is 0 Å². The molecule has 2 aliphatic rings. The van der Waals surface area contributed by atoms with E-state index in [2.05, 4.69) is 34.5 Å². The van der Waals surface area contributed by atoms with E-state index < -0.39 is 0 Å². The van der Waals surface area contributed by atoms with Crippen LogP contribution < -0.4 is 10.6 Å². The van der Waals surface area contributed by atoms with E-state index in [-0.39, 0.29) is 29.9 Å². The van der Waals surface area contributed by atoms with Crippen LogP contribution in [0.3, 0.4) is 0 Å². The van der Waals surface area contributed by atoms with Crippen LogP contribution in [0.2, 0.25) is 0 Å². The summed E-state index contributed by atoms with van der Waals surface area (Å²) in [6, 6.07) is 0.393. The lowest BCUT2D eigenvalue weighted by atomic mass is 10.1. The van der Waals surface area contributed by atoms with Crippen LogP contribution in [0.15, 0.2) is 4.99 Å². The molecule has 0 spiro atoms. The fourth-order valence-corrected chi connectivity index (χ4v) is 3.30. The highest BCUT2D eigenvalue weighted by Gasteiger charge is 2.19. The van der Waals surface area contributed by atoms with Crippen molar-refractivity contribution in [2.75, 3.05) is 39.9 Å². The number of carbonyl (C=O) groups is 1. The van der Waals surface area contributed by atoms with E-state index in [0.29, 0.717) is 24.9 Å². The number of nitrogens with one attached hydrogen (secondary N) is 2. The Morgan fingerprint density at radius 2 is 2.04 bits per heavy atom. The number of hydrogen-bond acceptors (Lipinski definition) is 3. The van der Waals surface area contributed by atoms with Crippen molar-refractivity contribution in [3.05, 3.63) is 0 Å². The van der Waals surface area contributed by atoms with Gasteiger partial charge in [0.25, 0.3) is 0 Å². The molecule has 6 nitrogen and oxygen atoms in total. The van der Waals surface area contributed by atoms with Gasteiger partial charge >= 0.3 is 0 Å². The summed E-state index contributed by atoms with van der Waals surface area (Å²) < 4.78 is 5.43. The number of halogens is 1. The first-order valence-electron chi connectivity index (χ1n) is 9.05. The molecule has 0 radical (unpaired) electrons. The number of guanidine groups is 1. The Morgan fingerprint density at radius 3 is 2.67 bits per heavy atom. The quantitative estimate of drug-likeness (QED) is 0.352. The van der Waals surface area contributed by atoms with Crippen molar-refractivity contribution in [1.29, 1.82) is 0 Å². The maximum atomic E-state index is 12.0. The molecule has 2 N–H and O–H groups in total. The van der Waals surface area contributed by atoms with Gasteiger partial charge in [-0.3, -0.25) is 9.79 Å². The van der Waals surface area contributed by atoms with E-state index in [1.165, 1.54) is 12.8 Å². The molecule has 0 bridgehead atoms. The Morgan fingerprint density at radius 1 is 1.29 bits per heavy atom. The third-order valence-electron chi connectivity index (χ3n) is 4.57. The Hall–Kier alpha value is -0.570. The highest BCUT2D eigenvalue weighted by atomic mass is 127. The monoisotopic (exact) mass is 452 g/mol. The molecule has 1 saturated carbocycles. The Balaban J connectivity index is 0.00000288. The van der Waals surface area contributed by atoms with Crippen LogP contribution in [-0.2, 0) is 9.53 Å². The number of hydrogen-bond donors (Lipinski definition) is 2. The van der Waals surface area contributed by atoms with Gasteiger partial charge in [-0.15, -0.1) is 24.0 Å². The largest absolute Gasteiger partial charge is 0.381 e. The minimum atomic E-state index is 0. The first kappa shape index (κ1) is 21.5. The van der Waals surface area contributed by atoms with Crippen LogP contribution in [0.1, 0.15) is 45.4 Å². The molecule has 140 valence electrons. The molecule has 7 heteroatoms. The van der Waals surface area contributed by atoms with Gasteiger partial charge in [0.05, 0.1) is 13.2 Å². The van der Waals surface area contributed by atoms with Crippen molar-refractivity contribution in [1.82, 2.24) is 15.5 Å². The lowest BCUT2D eigenvalue weighted by Crippen LogP contribution is -2.41. The van der Waals surface area contributed by atoms with Crippen LogP contribution >= 0.6 is 24.0 Å². The zero-order valence-electron chi connectivity index (χ0n) is 15.1. The highest BCUT2D eigenvalue weighted by Crippen LogP contribution is 2.17. The molecule has 2 rings (SSSR count). The second-order valence-electron chi connectivity index (χ2n) is 6.64. The van der Waals surface area contributed by atoms with Gasteiger partial charge in [0.1, 0.15) is 0 Å². The van der Waals surface area contributed by atoms with Crippen molar-refractivity contribution in [3.63, 3.8) is 0 Å². The van der Waals surface area contributed by atoms with Gasteiger partial charge in [-0.05, 0) is 26.2 Å². The summed E-state index contributed by atoms with van der Waals surface area (Å²) in [5.41, 5.74) is 0. The average molecular weight is 452 g/mol. The summed E-state index contributed by atoms with van der Waals surface area (Å²) in [6.07, 6.45) is 6.32. The van der Waals surface area contributed by atoms with Crippen LogP contribution in [0.25, 0.3) is 0 Å². The van der Waals surface area contributed by atoms with Crippen molar-refractivity contribution in [2.45, 2.75) is 51.5 Å². The molecule has 0 aromatic heterocycles. The van der Waals surface area contributed by atoms with E-state index in [0.717, 1.165) is 51.5 Å². The second-order valence-corrected chi connectivity index (χ2v) is 6.64. The Bertz CT molecular complexity index is 394. The average Bonchev–Trinajstić information content (AvgIpc) is 3.20. The summed E-state index contributed by atoms with van der Waals surface area (Å²) >= 11 is 0. The number of nitrogens with zero attached hydrogens (tertiary/aromatic N) is 2. The van der Waals surface area contributed by atoms with Crippen LogP contribution in [0, 0.1) is 5.92 Å². The SMILES string of the molecule is CCNC(=NCCC(=O)NC1CCCC1)N(C)CC1CCOC1.I. The van der Waals surface area contributed by atoms with E-state index in [4.69, 9.17) is 4.74 Å². The van der Waals surface area contributed by atoms with Crippen LogP contribution in [0.4, 0.5) is 0 Å². The summed E-state index contributed by atoms with van der Waals surface area (Å²) in [4.78, 5) is 18.7. The maximum Gasteiger partial charge on any atom is 0.222 e. The van der Waals surface area contributed by atoms with Gasteiger partial charge in [0.2, 0.25) is 5.91 Å². The molecular formula is C17H33IN4O2. The second kappa shape index (κ2) is 11.9. The van der Waals surface area contributed by atoms with Crippen molar-refractivity contribution < 1.29 is 9.53 Å². The van der Waals surface area contributed by atoms with Crippen LogP contribution in [0.5, 0.6) is 0 Å².